The van der Waals surface area contributed by atoms with Crippen molar-refractivity contribution in [2.24, 2.45) is 5.84 Å². The molecule has 0 rings (SSSR count). The highest BCUT2D eigenvalue weighted by molar-refractivity contribution is 4.35. The van der Waals surface area contributed by atoms with Gasteiger partial charge in [-0.05, 0) is 0 Å². The first kappa shape index (κ1) is 5.78. The molecule has 0 atom stereocenters. The summed E-state index contributed by atoms with van der Waals surface area (Å²) < 4.78 is 21.8. The quantitative estimate of drug-likeness (QED) is 0.366. The van der Waals surface area contributed by atoms with Crippen LogP contribution in [-0.4, -0.2) is 13.0 Å². The highest BCUT2D eigenvalue weighted by atomic mass is 19.3. The highest BCUT2D eigenvalue weighted by Gasteiger charge is 1.95. The monoisotopic (exact) mass is 96.0 g/mol. The molecule has 0 aromatic heterocycles. The van der Waals surface area contributed by atoms with Crippen LogP contribution in [-0.2, 0) is 0 Å². The first-order valence-corrected chi connectivity index (χ1v) is 1.49. The van der Waals surface area contributed by atoms with Crippen molar-refractivity contribution in [2.45, 2.75) is 6.43 Å². The third-order valence-electron chi connectivity index (χ3n) is 0.272. The summed E-state index contributed by atoms with van der Waals surface area (Å²) in [5, 5.41) is 0. The Bertz CT molecular complexity index is 30.7. The number of nitrogens with two attached hydrogens (primary N) is 1. The molecule has 0 aliphatic rings. The van der Waals surface area contributed by atoms with E-state index in [1.54, 1.807) is 0 Å². The van der Waals surface area contributed by atoms with E-state index in [2.05, 4.69) is 5.84 Å². The van der Waals surface area contributed by atoms with Crippen LogP contribution in [0.15, 0.2) is 0 Å². The molecule has 0 spiro atoms. The molecular formula is C2H6F2N2. The van der Waals surface area contributed by atoms with Crippen LogP contribution >= 0.6 is 0 Å². The smallest absolute Gasteiger partial charge is 0.252 e. The summed E-state index contributed by atoms with van der Waals surface area (Å²) in [6, 6.07) is 0. The lowest BCUT2D eigenvalue weighted by molar-refractivity contribution is 0.146. The van der Waals surface area contributed by atoms with E-state index >= 15 is 0 Å². The predicted molar refractivity (Wildman–Crippen MR) is 18.2 cm³/mol. The molecule has 0 unspecified atom stereocenters. The summed E-state index contributed by atoms with van der Waals surface area (Å²) in [6.45, 7) is -0.431. The Morgan fingerprint density at radius 2 is 2.17 bits per heavy atom. The first-order valence-electron chi connectivity index (χ1n) is 1.49. The highest BCUT2D eigenvalue weighted by Crippen LogP contribution is 1.84. The van der Waals surface area contributed by atoms with Crippen LogP contribution in [0.25, 0.3) is 0 Å². The van der Waals surface area contributed by atoms with Crippen molar-refractivity contribution in [3.05, 3.63) is 0 Å². The number of halogens is 2. The van der Waals surface area contributed by atoms with Crippen LogP contribution in [0.5, 0.6) is 0 Å². The van der Waals surface area contributed by atoms with Gasteiger partial charge in [-0.15, -0.1) is 0 Å². The van der Waals surface area contributed by atoms with E-state index in [0.29, 0.717) is 0 Å². The van der Waals surface area contributed by atoms with Gasteiger partial charge in [0.15, 0.2) is 0 Å². The van der Waals surface area contributed by atoms with Gasteiger partial charge in [-0.1, -0.05) is 0 Å². The maximum Gasteiger partial charge on any atom is 0.252 e. The largest absolute Gasteiger partial charge is 0.271 e. The maximum absolute atomic E-state index is 10.9. The summed E-state index contributed by atoms with van der Waals surface area (Å²) in [6.07, 6.45) is -2.34. The van der Waals surface area contributed by atoms with Crippen molar-refractivity contribution in [3.8, 4) is 0 Å². The molecule has 0 radical (unpaired) electrons. The molecule has 3 N–H and O–H groups in total. The molecule has 0 aromatic carbocycles. The van der Waals surface area contributed by atoms with Crippen LogP contribution < -0.4 is 11.3 Å². The summed E-state index contributed by atoms with van der Waals surface area (Å²) in [5.74, 6) is 4.50. The summed E-state index contributed by atoms with van der Waals surface area (Å²) in [5.41, 5.74) is 1.82. The van der Waals surface area contributed by atoms with Gasteiger partial charge in [-0.25, -0.2) is 8.78 Å². The van der Waals surface area contributed by atoms with Crippen molar-refractivity contribution in [2.75, 3.05) is 6.54 Å². The molecule has 0 aliphatic heterocycles. The number of hydrogen-bond donors (Lipinski definition) is 2. The molecule has 0 fully saturated rings. The number of rotatable bonds is 2. The second-order valence-corrected chi connectivity index (χ2v) is 0.799. The van der Waals surface area contributed by atoms with Crippen molar-refractivity contribution >= 4 is 0 Å². The number of hydrazine groups is 1. The van der Waals surface area contributed by atoms with Crippen molar-refractivity contribution in [3.63, 3.8) is 0 Å². The third-order valence-corrected chi connectivity index (χ3v) is 0.272. The fourth-order valence-corrected chi connectivity index (χ4v) is 0.0891. The molecule has 6 heavy (non-hydrogen) atoms. The van der Waals surface area contributed by atoms with Crippen molar-refractivity contribution in [1.82, 2.24) is 5.43 Å². The lowest BCUT2D eigenvalue weighted by atomic mass is 10.7. The van der Waals surface area contributed by atoms with E-state index < -0.39 is 13.0 Å². The van der Waals surface area contributed by atoms with Gasteiger partial charge in [-0.3, -0.25) is 11.3 Å². The molecule has 0 bridgehead atoms. The fraction of sp³-hybridized carbons (Fsp3) is 1.00. The normalized spacial score (nSPS) is 10.0. The lowest BCUT2D eigenvalue weighted by Crippen LogP contribution is -2.27. The number of nitrogens with one attached hydrogen (secondary N) is 1. The van der Waals surface area contributed by atoms with Gasteiger partial charge in [0.25, 0.3) is 6.43 Å². The average Bonchev–Trinajstić information content (AvgIpc) is 1.35. The zero-order valence-electron chi connectivity index (χ0n) is 3.12. The Labute approximate surface area is 34.3 Å². The molecule has 0 aliphatic carbocycles. The van der Waals surface area contributed by atoms with Gasteiger partial charge in [0, 0.05) is 0 Å². The Morgan fingerprint density at radius 3 is 2.17 bits per heavy atom. The van der Waals surface area contributed by atoms with Gasteiger partial charge < -0.3 is 0 Å². The Morgan fingerprint density at radius 1 is 1.67 bits per heavy atom. The van der Waals surface area contributed by atoms with E-state index in [1.165, 1.54) is 0 Å². The van der Waals surface area contributed by atoms with Crippen LogP contribution in [0.1, 0.15) is 0 Å². The fourth-order valence-electron chi connectivity index (χ4n) is 0.0891. The summed E-state index contributed by atoms with van der Waals surface area (Å²) >= 11 is 0. The van der Waals surface area contributed by atoms with Crippen LogP contribution in [0, 0.1) is 0 Å². The third kappa shape index (κ3) is 3.78. The first-order chi connectivity index (χ1) is 2.77. The minimum absolute atomic E-state index is 0.431. The molecule has 2 nitrogen and oxygen atoms in total. The Balaban J connectivity index is 2.63. The van der Waals surface area contributed by atoms with E-state index in [1.807, 2.05) is 5.43 Å². The van der Waals surface area contributed by atoms with Crippen LogP contribution in [0.4, 0.5) is 8.78 Å². The molecular weight excluding hydrogens is 90.0 g/mol. The molecule has 0 saturated heterocycles. The van der Waals surface area contributed by atoms with Crippen molar-refractivity contribution < 1.29 is 8.78 Å². The Hall–Kier alpha value is -0.220. The molecule has 0 aromatic rings. The average molecular weight is 96.1 g/mol. The molecule has 0 amide bonds. The standard InChI is InChI=1S/C2H6F2N2/c3-2(4)1-6-5/h2,6H,1,5H2. The van der Waals surface area contributed by atoms with Gasteiger partial charge in [0.2, 0.25) is 0 Å². The van der Waals surface area contributed by atoms with E-state index in [9.17, 15) is 8.78 Å². The van der Waals surface area contributed by atoms with Gasteiger partial charge >= 0.3 is 0 Å². The van der Waals surface area contributed by atoms with E-state index in [4.69, 9.17) is 0 Å². The van der Waals surface area contributed by atoms with Gasteiger partial charge in [-0.2, -0.15) is 0 Å². The SMILES string of the molecule is NNCC(F)F. The predicted octanol–water partition coefficient (Wildman–Crippen LogP) is -0.285. The van der Waals surface area contributed by atoms with E-state index in [-0.39, 0.29) is 0 Å². The molecule has 0 saturated carbocycles. The van der Waals surface area contributed by atoms with Crippen molar-refractivity contribution in [1.29, 1.82) is 0 Å². The van der Waals surface area contributed by atoms with Gasteiger partial charge in [0.05, 0.1) is 6.54 Å². The number of hydrogen-bond acceptors (Lipinski definition) is 2. The zero-order chi connectivity index (χ0) is 4.99. The zero-order valence-corrected chi connectivity index (χ0v) is 3.12. The lowest BCUT2D eigenvalue weighted by Gasteiger charge is -1.91. The summed E-state index contributed by atoms with van der Waals surface area (Å²) in [7, 11) is 0. The van der Waals surface area contributed by atoms with Crippen LogP contribution in [0.3, 0.4) is 0 Å². The van der Waals surface area contributed by atoms with Crippen LogP contribution in [0.2, 0.25) is 0 Å². The molecule has 0 heterocycles. The minimum Gasteiger partial charge on any atom is -0.271 e. The summed E-state index contributed by atoms with van der Waals surface area (Å²) in [4.78, 5) is 0. The topological polar surface area (TPSA) is 38.0 Å². The molecule has 4 heteroatoms. The second kappa shape index (κ2) is 2.99. The Kier molecular flexibility index (Phi) is 2.88. The maximum atomic E-state index is 10.9. The molecule has 38 valence electrons. The number of alkyl halides is 2. The van der Waals surface area contributed by atoms with E-state index in [0.717, 1.165) is 0 Å². The second-order valence-electron chi connectivity index (χ2n) is 0.799. The minimum atomic E-state index is -2.34. The van der Waals surface area contributed by atoms with Gasteiger partial charge in [0.1, 0.15) is 0 Å².